The number of nitro groups is 1. The van der Waals surface area contributed by atoms with Gasteiger partial charge in [-0.25, -0.2) is 0 Å². The maximum absolute atomic E-state index is 12.4. The summed E-state index contributed by atoms with van der Waals surface area (Å²) in [5.41, 5.74) is 1.53. The van der Waals surface area contributed by atoms with Gasteiger partial charge in [0.05, 0.1) is 33.1 Å². The number of anilines is 1. The smallest absolute Gasteiger partial charge is 0.270 e. The molecule has 0 bridgehead atoms. The van der Waals surface area contributed by atoms with Crippen LogP contribution >= 0.6 is 0 Å². The first kappa shape index (κ1) is 17.3. The molecule has 0 unspecified atom stereocenters. The number of imide groups is 1. The third kappa shape index (κ3) is 2.70. The number of fused-ring (bicyclic) bond motifs is 1. The molecular weight excluding hydrogens is 342 g/mol. The van der Waals surface area contributed by atoms with Crippen molar-refractivity contribution in [3.63, 3.8) is 0 Å². The van der Waals surface area contributed by atoms with Crippen LogP contribution in [-0.2, 0) is 11.8 Å². The van der Waals surface area contributed by atoms with Gasteiger partial charge in [-0.1, -0.05) is 0 Å². The van der Waals surface area contributed by atoms with Crippen LogP contribution in [0.25, 0.3) is 0 Å². The number of nitrogens with one attached hydrogen (secondary N) is 1. The van der Waals surface area contributed by atoms with Crippen LogP contribution in [0.2, 0.25) is 0 Å². The topological polar surface area (TPSA) is 127 Å². The molecule has 1 aliphatic heterocycles. The molecule has 0 saturated heterocycles. The third-order valence-corrected chi connectivity index (χ3v) is 4.24. The first-order valence-electron chi connectivity index (χ1n) is 7.65. The number of carbonyl (C=O) groups excluding carboxylic acids is 3. The maximum Gasteiger partial charge on any atom is 0.270 e. The minimum Gasteiger partial charge on any atom is -0.321 e. The van der Waals surface area contributed by atoms with Crippen molar-refractivity contribution in [3.05, 3.63) is 50.8 Å². The first-order valence-corrected chi connectivity index (χ1v) is 7.65. The summed E-state index contributed by atoms with van der Waals surface area (Å²) in [7, 11) is 1.73. The van der Waals surface area contributed by atoms with Gasteiger partial charge in [0.1, 0.15) is 6.54 Å². The summed E-state index contributed by atoms with van der Waals surface area (Å²) < 4.78 is 1.60. The highest BCUT2D eigenvalue weighted by Crippen LogP contribution is 2.27. The molecule has 2 aromatic rings. The van der Waals surface area contributed by atoms with Gasteiger partial charge in [0.25, 0.3) is 17.5 Å². The number of rotatable bonds is 4. The monoisotopic (exact) mass is 357 g/mol. The molecule has 3 amide bonds. The number of aromatic nitrogens is 2. The van der Waals surface area contributed by atoms with Crippen LogP contribution < -0.4 is 5.32 Å². The van der Waals surface area contributed by atoms with E-state index in [1.54, 1.807) is 25.6 Å². The van der Waals surface area contributed by atoms with Gasteiger partial charge in [-0.3, -0.25) is 34.1 Å². The van der Waals surface area contributed by atoms with Crippen LogP contribution in [0.3, 0.4) is 0 Å². The van der Waals surface area contributed by atoms with E-state index in [1.807, 2.05) is 0 Å². The fraction of sp³-hybridized carbons (Fsp3) is 0.250. The Balaban J connectivity index is 1.80. The number of amides is 3. The summed E-state index contributed by atoms with van der Waals surface area (Å²) >= 11 is 0. The molecule has 2 heterocycles. The number of carbonyl (C=O) groups is 3. The van der Waals surface area contributed by atoms with E-state index in [1.165, 1.54) is 6.07 Å². The molecule has 0 radical (unpaired) electrons. The largest absolute Gasteiger partial charge is 0.321 e. The van der Waals surface area contributed by atoms with Gasteiger partial charge in [0.2, 0.25) is 5.91 Å². The van der Waals surface area contributed by atoms with Crippen LogP contribution in [0.15, 0.2) is 18.2 Å². The fourth-order valence-corrected chi connectivity index (χ4v) is 2.81. The Morgan fingerprint density at radius 1 is 1.23 bits per heavy atom. The number of nitro benzene ring substituents is 1. The molecule has 0 spiro atoms. The summed E-state index contributed by atoms with van der Waals surface area (Å²) in [4.78, 5) is 48.0. The van der Waals surface area contributed by atoms with Crippen LogP contribution in [0.5, 0.6) is 0 Å². The molecule has 3 rings (SSSR count). The van der Waals surface area contributed by atoms with E-state index < -0.39 is 29.2 Å². The van der Waals surface area contributed by atoms with Crippen LogP contribution in [0.1, 0.15) is 32.1 Å². The fourth-order valence-electron chi connectivity index (χ4n) is 2.81. The van der Waals surface area contributed by atoms with E-state index in [4.69, 9.17) is 0 Å². The Hall–Kier alpha value is -3.56. The van der Waals surface area contributed by atoms with E-state index in [2.05, 4.69) is 10.4 Å². The second-order valence-corrected chi connectivity index (χ2v) is 5.90. The molecule has 1 N–H and O–H groups in total. The van der Waals surface area contributed by atoms with E-state index in [0.29, 0.717) is 11.4 Å². The molecule has 0 saturated carbocycles. The summed E-state index contributed by atoms with van der Waals surface area (Å²) in [5, 5.41) is 17.7. The lowest BCUT2D eigenvalue weighted by Crippen LogP contribution is -2.37. The summed E-state index contributed by atoms with van der Waals surface area (Å²) in [6.07, 6.45) is 0. The van der Waals surface area contributed by atoms with Gasteiger partial charge in [-0.15, -0.1) is 0 Å². The molecule has 26 heavy (non-hydrogen) atoms. The zero-order valence-electron chi connectivity index (χ0n) is 14.3. The lowest BCUT2D eigenvalue weighted by atomic mass is 10.1. The molecular formula is C16H15N5O5. The average Bonchev–Trinajstić information content (AvgIpc) is 2.97. The molecule has 10 nitrogen and oxygen atoms in total. The second-order valence-electron chi connectivity index (χ2n) is 5.90. The van der Waals surface area contributed by atoms with Crippen molar-refractivity contribution >= 4 is 29.1 Å². The normalized spacial score (nSPS) is 13.1. The maximum atomic E-state index is 12.4. The SMILES string of the molecule is Cc1nn(C)c(C)c1NC(=O)CN1C(=O)c2ccc([N+](=O)[O-])cc2C1=O. The number of benzene rings is 1. The summed E-state index contributed by atoms with van der Waals surface area (Å²) in [5.74, 6) is -1.95. The van der Waals surface area contributed by atoms with Gasteiger partial charge in [0, 0.05) is 19.2 Å². The molecule has 0 aliphatic carbocycles. The highest BCUT2D eigenvalue weighted by Gasteiger charge is 2.38. The van der Waals surface area contributed by atoms with Gasteiger partial charge >= 0.3 is 0 Å². The zero-order valence-corrected chi connectivity index (χ0v) is 14.3. The van der Waals surface area contributed by atoms with Crippen molar-refractivity contribution < 1.29 is 19.3 Å². The van der Waals surface area contributed by atoms with Crippen molar-refractivity contribution in [2.75, 3.05) is 11.9 Å². The second kappa shape index (κ2) is 6.06. The Bertz CT molecular complexity index is 978. The number of hydrogen-bond acceptors (Lipinski definition) is 6. The molecule has 1 aliphatic rings. The molecule has 1 aromatic carbocycles. The zero-order chi connectivity index (χ0) is 19.2. The number of non-ortho nitro benzene ring substituents is 1. The standard InChI is InChI=1S/C16H15N5O5/c1-8-14(9(2)19(3)18-8)17-13(22)7-20-15(23)11-5-4-10(21(25)26)6-12(11)16(20)24/h4-6H,7H2,1-3H3,(H,17,22). The lowest BCUT2D eigenvalue weighted by Gasteiger charge is -2.13. The Morgan fingerprint density at radius 2 is 1.88 bits per heavy atom. The molecule has 0 fully saturated rings. The van der Waals surface area contributed by atoms with Crippen molar-refractivity contribution in [3.8, 4) is 0 Å². The minimum atomic E-state index is -0.733. The summed E-state index contributed by atoms with van der Waals surface area (Å²) in [6, 6.07) is 3.42. The molecule has 0 atom stereocenters. The summed E-state index contributed by atoms with van der Waals surface area (Å²) in [6.45, 7) is 3.01. The van der Waals surface area contributed by atoms with Gasteiger partial charge in [0.15, 0.2) is 0 Å². The number of hydrogen-bond donors (Lipinski definition) is 1. The predicted octanol–water partition coefficient (Wildman–Crippen LogP) is 1.18. The van der Waals surface area contributed by atoms with Crippen LogP contribution in [-0.4, -0.2) is 43.9 Å². The van der Waals surface area contributed by atoms with Crippen LogP contribution in [0.4, 0.5) is 11.4 Å². The quantitative estimate of drug-likeness (QED) is 0.497. The number of aryl methyl sites for hydroxylation is 2. The van der Waals surface area contributed by atoms with E-state index in [9.17, 15) is 24.5 Å². The highest BCUT2D eigenvalue weighted by molar-refractivity contribution is 6.23. The van der Waals surface area contributed by atoms with Crippen molar-refractivity contribution in [2.24, 2.45) is 7.05 Å². The van der Waals surface area contributed by atoms with Crippen molar-refractivity contribution in [2.45, 2.75) is 13.8 Å². The van der Waals surface area contributed by atoms with Crippen molar-refractivity contribution in [1.82, 2.24) is 14.7 Å². The van der Waals surface area contributed by atoms with Crippen LogP contribution in [0, 0.1) is 24.0 Å². The first-order chi connectivity index (χ1) is 12.2. The van der Waals surface area contributed by atoms with E-state index in [-0.39, 0.29) is 16.8 Å². The molecule has 1 aromatic heterocycles. The Morgan fingerprint density at radius 3 is 2.46 bits per heavy atom. The van der Waals surface area contributed by atoms with Crippen molar-refractivity contribution in [1.29, 1.82) is 0 Å². The predicted molar refractivity (Wildman–Crippen MR) is 89.8 cm³/mol. The highest BCUT2D eigenvalue weighted by atomic mass is 16.6. The van der Waals surface area contributed by atoms with Gasteiger partial charge < -0.3 is 5.32 Å². The average molecular weight is 357 g/mol. The van der Waals surface area contributed by atoms with Gasteiger partial charge in [-0.05, 0) is 19.9 Å². The van der Waals surface area contributed by atoms with E-state index >= 15 is 0 Å². The molecule has 10 heteroatoms. The van der Waals surface area contributed by atoms with E-state index in [0.717, 1.165) is 22.7 Å². The lowest BCUT2D eigenvalue weighted by molar-refractivity contribution is -0.384. The minimum absolute atomic E-state index is 0.0436. The molecule has 134 valence electrons. The van der Waals surface area contributed by atoms with Gasteiger partial charge in [-0.2, -0.15) is 5.10 Å². The Kier molecular flexibility index (Phi) is 4.03. The Labute approximate surface area is 147 Å². The third-order valence-electron chi connectivity index (χ3n) is 4.24. The number of nitrogens with zero attached hydrogens (tertiary/aromatic N) is 4.